The van der Waals surface area contributed by atoms with Crippen LogP contribution in [0.2, 0.25) is 0 Å². The number of rotatable bonds is 6. The Morgan fingerprint density at radius 3 is 2.66 bits per heavy atom. The maximum Gasteiger partial charge on any atom is 0.272 e. The van der Waals surface area contributed by atoms with Gasteiger partial charge in [-0.15, -0.1) is 0 Å². The first-order chi connectivity index (χ1) is 15.1. The molecular weight excluding hydrogens is 417 g/mol. The molecule has 0 bridgehead atoms. The summed E-state index contributed by atoms with van der Waals surface area (Å²) >= 11 is 0. The minimum Gasteiger partial charge on any atom is -0.487 e. The smallest absolute Gasteiger partial charge is 0.272 e. The van der Waals surface area contributed by atoms with E-state index in [1.807, 2.05) is 13.8 Å². The zero-order valence-corrected chi connectivity index (χ0v) is 18.1. The Balaban J connectivity index is 1.94. The molecule has 168 valence electrons. The van der Waals surface area contributed by atoms with E-state index in [-0.39, 0.29) is 22.8 Å². The fourth-order valence-electron chi connectivity index (χ4n) is 3.16. The molecule has 9 nitrogen and oxygen atoms in total. The molecular formula is C22H24FN5O4. The van der Waals surface area contributed by atoms with Crippen molar-refractivity contribution in [2.75, 3.05) is 14.1 Å². The van der Waals surface area contributed by atoms with Gasteiger partial charge in [0.25, 0.3) is 11.8 Å². The van der Waals surface area contributed by atoms with Crippen LogP contribution in [0.15, 0.2) is 36.7 Å². The van der Waals surface area contributed by atoms with Crippen molar-refractivity contribution in [3.05, 3.63) is 59.3 Å². The van der Waals surface area contributed by atoms with E-state index in [9.17, 15) is 14.0 Å². The fourth-order valence-corrected chi connectivity index (χ4v) is 3.16. The van der Waals surface area contributed by atoms with Crippen molar-refractivity contribution < 1.29 is 23.5 Å². The third-order valence-corrected chi connectivity index (χ3v) is 4.57. The number of hydrogen-bond donors (Lipinski definition) is 4. The summed E-state index contributed by atoms with van der Waals surface area (Å²) in [6, 6.07) is 4.13. The van der Waals surface area contributed by atoms with Crippen LogP contribution in [0.4, 0.5) is 4.39 Å². The highest BCUT2D eigenvalue weighted by atomic mass is 19.1. The van der Waals surface area contributed by atoms with Crippen molar-refractivity contribution >= 4 is 17.6 Å². The van der Waals surface area contributed by atoms with Crippen molar-refractivity contribution in [2.45, 2.75) is 25.9 Å². The largest absolute Gasteiger partial charge is 0.487 e. The summed E-state index contributed by atoms with van der Waals surface area (Å²) in [6.07, 6.45) is 4.64. The summed E-state index contributed by atoms with van der Waals surface area (Å²) in [5.74, 6) is -1.31. The first kappa shape index (κ1) is 22.7. The van der Waals surface area contributed by atoms with Gasteiger partial charge < -0.3 is 25.4 Å². The van der Waals surface area contributed by atoms with Crippen LogP contribution in [-0.2, 0) is 6.42 Å². The second kappa shape index (κ2) is 9.04. The lowest BCUT2D eigenvalue weighted by molar-refractivity contribution is 0.0950. The lowest BCUT2D eigenvalue weighted by atomic mass is 9.99. The minimum absolute atomic E-state index is 0.0595. The highest BCUT2D eigenvalue weighted by molar-refractivity contribution is 6.09. The molecule has 2 aromatic rings. The van der Waals surface area contributed by atoms with Crippen LogP contribution in [0.1, 0.15) is 40.3 Å². The molecule has 4 N–H and O–H groups in total. The third kappa shape index (κ3) is 5.02. The van der Waals surface area contributed by atoms with Crippen LogP contribution < -0.4 is 25.4 Å². The van der Waals surface area contributed by atoms with Crippen LogP contribution in [0.5, 0.6) is 17.2 Å². The second-order valence-corrected chi connectivity index (χ2v) is 7.66. The predicted molar refractivity (Wildman–Crippen MR) is 116 cm³/mol. The highest BCUT2D eigenvalue weighted by Crippen LogP contribution is 2.43. The average Bonchev–Trinajstić information content (AvgIpc) is 3.06. The summed E-state index contributed by atoms with van der Waals surface area (Å²) in [4.78, 5) is 28.1. The molecule has 0 aliphatic carbocycles. The number of amides is 2. The van der Waals surface area contributed by atoms with Crippen molar-refractivity contribution in [1.82, 2.24) is 20.9 Å². The lowest BCUT2D eigenvalue weighted by Crippen LogP contribution is -2.28. The number of amidine groups is 1. The SMILES string of the molecule is CN/C=C\C(=N)NC(=O)c1cc(Oc2cnc(C(=O)NC)c(F)c2)c2c(c1)OC(C)(C)C2. The molecule has 2 amide bonds. The van der Waals surface area contributed by atoms with Crippen LogP contribution >= 0.6 is 0 Å². The molecule has 0 radical (unpaired) electrons. The number of nitrogens with zero attached hydrogens (tertiary/aromatic N) is 1. The van der Waals surface area contributed by atoms with E-state index in [4.69, 9.17) is 14.9 Å². The zero-order chi connectivity index (χ0) is 23.5. The topological polar surface area (TPSA) is 125 Å². The predicted octanol–water partition coefficient (Wildman–Crippen LogP) is 2.53. The maximum atomic E-state index is 14.3. The Hall–Kier alpha value is -3.95. The normalized spacial score (nSPS) is 13.8. The summed E-state index contributed by atoms with van der Waals surface area (Å²) in [5.41, 5.74) is 0.0439. The number of ether oxygens (including phenoxy) is 2. The molecule has 0 saturated heterocycles. The van der Waals surface area contributed by atoms with Gasteiger partial charge in [-0.2, -0.15) is 0 Å². The van der Waals surface area contributed by atoms with Crippen LogP contribution in [0.25, 0.3) is 0 Å². The number of benzene rings is 1. The second-order valence-electron chi connectivity index (χ2n) is 7.66. The number of pyridine rings is 1. The van der Waals surface area contributed by atoms with Gasteiger partial charge in [0.1, 0.15) is 28.7 Å². The zero-order valence-electron chi connectivity index (χ0n) is 18.1. The van der Waals surface area contributed by atoms with Gasteiger partial charge in [0, 0.05) is 37.7 Å². The van der Waals surface area contributed by atoms with E-state index in [0.29, 0.717) is 23.5 Å². The molecule has 0 spiro atoms. The molecule has 1 aromatic carbocycles. The molecule has 3 rings (SSSR count). The Labute approximate surface area is 184 Å². The number of halogens is 1. The van der Waals surface area contributed by atoms with Gasteiger partial charge in [-0.3, -0.25) is 15.0 Å². The van der Waals surface area contributed by atoms with Gasteiger partial charge in [0.05, 0.1) is 6.20 Å². The van der Waals surface area contributed by atoms with Crippen LogP contribution in [0, 0.1) is 11.2 Å². The average molecular weight is 441 g/mol. The van der Waals surface area contributed by atoms with Gasteiger partial charge in [-0.05, 0) is 38.3 Å². The van der Waals surface area contributed by atoms with Gasteiger partial charge in [-0.1, -0.05) is 0 Å². The monoisotopic (exact) mass is 441 g/mol. The number of fused-ring (bicyclic) bond motifs is 1. The van der Waals surface area contributed by atoms with E-state index in [2.05, 4.69) is 20.9 Å². The molecule has 1 aliphatic heterocycles. The maximum absolute atomic E-state index is 14.3. The summed E-state index contributed by atoms with van der Waals surface area (Å²) in [7, 11) is 3.05. The number of carbonyl (C=O) groups is 2. The Kier molecular flexibility index (Phi) is 6.42. The number of carbonyl (C=O) groups excluding carboxylic acids is 2. The van der Waals surface area contributed by atoms with Gasteiger partial charge >= 0.3 is 0 Å². The molecule has 0 atom stereocenters. The van der Waals surface area contributed by atoms with Crippen LogP contribution in [-0.4, -0.2) is 42.3 Å². The molecule has 0 saturated carbocycles. The van der Waals surface area contributed by atoms with Crippen molar-refractivity contribution in [1.29, 1.82) is 5.41 Å². The molecule has 10 heteroatoms. The van der Waals surface area contributed by atoms with Crippen LogP contribution in [0.3, 0.4) is 0 Å². The summed E-state index contributed by atoms with van der Waals surface area (Å²) < 4.78 is 26.1. The van der Waals surface area contributed by atoms with E-state index in [1.165, 1.54) is 31.6 Å². The Morgan fingerprint density at radius 1 is 1.25 bits per heavy atom. The standard InChI is InChI=1S/C22H24FN5O4/c1-22(2)10-14-16(31-13-9-15(23)19(27-11-13)21(30)26-4)7-12(8-17(14)32-22)20(29)28-18(24)5-6-25-3/h5-9,11,25H,10H2,1-4H3,(H,26,30)(H2,24,28,29)/b6-5-. The number of nitrogens with one attached hydrogen (secondary N) is 4. The Bertz CT molecular complexity index is 1110. The van der Waals surface area contributed by atoms with E-state index >= 15 is 0 Å². The van der Waals surface area contributed by atoms with E-state index < -0.39 is 23.2 Å². The quantitative estimate of drug-likeness (QED) is 0.403. The molecule has 0 unspecified atom stereocenters. The van der Waals surface area contributed by atoms with Gasteiger partial charge in [0.2, 0.25) is 0 Å². The van der Waals surface area contributed by atoms with Crippen molar-refractivity contribution in [3.8, 4) is 17.2 Å². The van der Waals surface area contributed by atoms with Gasteiger partial charge in [0.15, 0.2) is 11.5 Å². The van der Waals surface area contributed by atoms with E-state index in [1.54, 1.807) is 13.1 Å². The molecule has 0 fully saturated rings. The fraction of sp³-hybridized carbons (Fsp3) is 0.273. The molecule has 1 aliphatic rings. The summed E-state index contributed by atoms with van der Waals surface area (Å²) in [5, 5.41) is 15.3. The first-order valence-corrected chi connectivity index (χ1v) is 9.78. The first-order valence-electron chi connectivity index (χ1n) is 9.78. The number of aromatic nitrogens is 1. The number of hydrogen-bond acceptors (Lipinski definition) is 7. The van der Waals surface area contributed by atoms with E-state index in [0.717, 1.165) is 6.07 Å². The van der Waals surface area contributed by atoms with Crippen molar-refractivity contribution in [2.24, 2.45) is 0 Å². The molecule has 1 aromatic heterocycles. The van der Waals surface area contributed by atoms with Gasteiger partial charge in [-0.25, -0.2) is 9.37 Å². The highest BCUT2D eigenvalue weighted by Gasteiger charge is 2.34. The minimum atomic E-state index is -0.839. The summed E-state index contributed by atoms with van der Waals surface area (Å²) in [6.45, 7) is 3.79. The van der Waals surface area contributed by atoms with Crippen molar-refractivity contribution in [3.63, 3.8) is 0 Å². The molecule has 32 heavy (non-hydrogen) atoms. The third-order valence-electron chi connectivity index (χ3n) is 4.57. The lowest BCUT2D eigenvalue weighted by Gasteiger charge is -2.16. The molecule has 2 heterocycles. The Morgan fingerprint density at radius 2 is 2.00 bits per heavy atom.